The molecule has 0 saturated heterocycles. The second-order valence-electron chi connectivity index (χ2n) is 3.38. The van der Waals surface area contributed by atoms with Gasteiger partial charge in [-0.25, -0.2) is 0 Å². The van der Waals surface area contributed by atoms with Crippen molar-refractivity contribution in [2.45, 2.75) is 26.7 Å². The van der Waals surface area contributed by atoms with E-state index in [1.807, 2.05) is 0 Å². The molecule has 1 rings (SSSR count). The van der Waals surface area contributed by atoms with Crippen molar-refractivity contribution in [3.8, 4) is 0 Å². The molecule has 68 valence electrons. The zero-order chi connectivity index (χ0) is 8.97. The number of nitrogens with zero attached hydrogens (tertiary/aromatic N) is 1. The minimum atomic E-state index is 0.156. The van der Waals surface area contributed by atoms with E-state index in [2.05, 4.69) is 24.2 Å². The van der Waals surface area contributed by atoms with Gasteiger partial charge in [-0.05, 0) is 12.3 Å². The molecule has 0 radical (unpaired) electrons. The molecular weight excluding hydrogens is 152 g/mol. The highest BCUT2D eigenvalue weighted by Gasteiger charge is 2.10. The van der Waals surface area contributed by atoms with E-state index in [0.29, 0.717) is 18.9 Å². The molecule has 3 nitrogen and oxygen atoms in total. The van der Waals surface area contributed by atoms with Gasteiger partial charge in [0.05, 0.1) is 6.54 Å². The van der Waals surface area contributed by atoms with Crippen molar-refractivity contribution < 1.29 is 4.79 Å². The van der Waals surface area contributed by atoms with Crippen molar-refractivity contribution in [3.63, 3.8) is 0 Å². The van der Waals surface area contributed by atoms with Crippen LogP contribution < -0.4 is 5.32 Å². The van der Waals surface area contributed by atoms with Crippen LogP contribution in [-0.4, -0.2) is 24.7 Å². The average molecular weight is 168 g/mol. The normalized spacial score (nSPS) is 19.6. The molecule has 1 N–H and O–H groups in total. The summed E-state index contributed by atoms with van der Waals surface area (Å²) in [5.41, 5.74) is 1.19. The van der Waals surface area contributed by atoms with Crippen LogP contribution in [0.4, 0.5) is 0 Å². The highest BCUT2D eigenvalue weighted by Crippen LogP contribution is 2.06. The molecule has 0 atom stereocenters. The molecule has 0 spiro atoms. The summed E-state index contributed by atoms with van der Waals surface area (Å²) in [5, 5.41) is 2.80. The van der Waals surface area contributed by atoms with Crippen LogP contribution in [-0.2, 0) is 4.79 Å². The molecule has 0 aliphatic carbocycles. The van der Waals surface area contributed by atoms with Gasteiger partial charge in [-0.1, -0.05) is 13.8 Å². The number of carbonyl (C=O) groups is 1. The fraction of sp³-hybridized carbons (Fsp3) is 0.778. The van der Waals surface area contributed by atoms with Crippen molar-refractivity contribution in [1.29, 1.82) is 0 Å². The fourth-order valence-corrected chi connectivity index (χ4v) is 1.28. The van der Waals surface area contributed by atoms with Gasteiger partial charge in [0.2, 0.25) is 5.91 Å². The molecule has 0 aromatic heterocycles. The number of hydrogen-bond donors (Lipinski definition) is 1. The summed E-state index contributed by atoms with van der Waals surface area (Å²) < 4.78 is 0. The van der Waals surface area contributed by atoms with Crippen molar-refractivity contribution in [2.24, 2.45) is 10.9 Å². The maximum Gasteiger partial charge on any atom is 0.220 e. The number of rotatable bonds is 1. The molecule has 1 aliphatic heterocycles. The summed E-state index contributed by atoms with van der Waals surface area (Å²) in [6, 6.07) is 0. The summed E-state index contributed by atoms with van der Waals surface area (Å²) in [5.74, 6) is 0.638. The van der Waals surface area contributed by atoms with Crippen LogP contribution in [0.15, 0.2) is 4.99 Å². The third kappa shape index (κ3) is 2.64. The lowest BCUT2D eigenvalue weighted by Crippen LogP contribution is -2.29. The van der Waals surface area contributed by atoms with Crippen LogP contribution >= 0.6 is 0 Å². The van der Waals surface area contributed by atoms with E-state index < -0.39 is 0 Å². The lowest BCUT2D eigenvalue weighted by Gasteiger charge is -2.13. The van der Waals surface area contributed by atoms with Gasteiger partial charge < -0.3 is 5.32 Å². The van der Waals surface area contributed by atoms with Crippen molar-refractivity contribution in [2.75, 3.05) is 13.1 Å². The SMILES string of the molecule is CC(C)C1=NCCNC(=O)CC1. The maximum atomic E-state index is 11.0. The number of aliphatic imine (C=N–C) groups is 1. The van der Waals surface area contributed by atoms with E-state index in [-0.39, 0.29) is 5.91 Å². The average Bonchev–Trinajstić information content (AvgIpc) is 1.97. The van der Waals surface area contributed by atoms with Crippen LogP contribution in [0.1, 0.15) is 26.7 Å². The monoisotopic (exact) mass is 168 g/mol. The number of carbonyl (C=O) groups excluding carboxylic acids is 1. The Hall–Kier alpha value is -0.860. The van der Waals surface area contributed by atoms with Crippen LogP contribution in [0, 0.1) is 5.92 Å². The predicted octanol–water partition coefficient (Wildman–Crippen LogP) is 0.993. The van der Waals surface area contributed by atoms with Crippen molar-refractivity contribution in [3.05, 3.63) is 0 Å². The van der Waals surface area contributed by atoms with E-state index in [9.17, 15) is 4.79 Å². The first-order valence-electron chi connectivity index (χ1n) is 4.50. The lowest BCUT2D eigenvalue weighted by molar-refractivity contribution is -0.120. The molecule has 1 amide bonds. The molecule has 0 saturated carbocycles. The third-order valence-corrected chi connectivity index (χ3v) is 2.02. The van der Waals surface area contributed by atoms with Crippen molar-refractivity contribution in [1.82, 2.24) is 5.32 Å². The Balaban J connectivity index is 2.55. The zero-order valence-corrected chi connectivity index (χ0v) is 7.76. The Morgan fingerprint density at radius 1 is 1.42 bits per heavy atom. The summed E-state index contributed by atoms with van der Waals surface area (Å²) >= 11 is 0. The van der Waals surface area contributed by atoms with Gasteiger partial charge in [0, 0.05) is 18.7 Å². The predicted molar refractivity (Wildman–Crippen MR) is 49.4 cm³/mol. The Labute approximate surface area is 73.3 Å². The van der Waals surface area contributed by atoms with Gasteiger partial charge in [0.15, 0.2) is 0 Å². The van der Waals surface area contributed by atoms with E-state index >= 15 is 0 Å². The smallest absolute Gasteiger partial charge is 0.220 e. The molecular formula is C9H16N2O. The van der Waals surface area contributed by atoms with Gasteiger partial charge in [0.1, 0.15) is 0 Å². The second-order valence-corrected chi connectivity index (χ2v) is 3.38. The Morgan fingerprint density at radius 2 is 2.17 bits per heavy atom. The quantitative estimate of drug-likeness (QED) is 0.623. The van der Waals surface area contributed by atoms with Crippen molar-refractivity contribution >= 4 is 11.6 Å². The Kier molecular flexibility index (Phi) is 3.26. The molecule has 1 heterocycles. The Bertz CT molecular complexity index is 197. The molecule has 0 bridgehead atoms. The minimum absolute atomic E-state index is 0.156. The molecule has 0 unspecified atom stereocenters. The van der Waals surface area contributed by atoms with E-state index in [1.54, 1.807) is 0 Å². The van der Waals surface area contributed by atoms with E-state index in [1.165, 1.54) is 5.71 Å². The molecule has 0 fully saturated rings. The largest absolute Gasteiger partial charge is 0.354 e. The summed E-state index contributed by atoms with van der Waals surface area (Å²) in [6.45, 7) is 5.67. The van der Waals surface area contributed by atoms with Gasteiger partial charge in [-0.2, -0.15) is 0 Å². The maximum absolute atomic E-state index is 11.0. The van der Waals surface area contributed by atoms with Crippen LogP contribution in [0.3, 0.4) is 0 Å². The lowest BCUT2D eigenvalue weighted by atomic mass is 10.0. The van der Waals surface area contributed by atoms with Crippen LogP contribution in [0.5, 0.6) is 0 Å². The molecule has 0 aromatic rings. The van der Waals surface area contributed by atoms with E-state index in [0.717, 1.165) is 13.0 Å². The fourth-order valence-electron chi connectivity index (χ4n) is 1.28. The molecule has 3 heteroatoms. The van der Waals surface area contributed by atoms with Gasteiger partial charge in [0.25, 0.3) is 0 Å². The highest BCUT2D eigenvalue weighted by molar-refractivity contribution is 5.90. The first-order valence-corrected chi connectivity index (χ1v) is 4.50. The Morgan fingerprint density at radius 3 is 2.83 bits per heavy atom. The molecule has 12 heavy (non-hydrogen) atoms. The summed E-state index contributed by atoms with van der Waals surface area (Å²) in [7, 11) is 0. The van der Waals surface area contributed by atoms with E-state index in [4.69, 9.17) is 0 Å². The third-order valence-electron chi connectivity index (χ3n) is 2.02. The first-order chi connectivity index (χ1) is 5.70. The standard InChI is InChI=1S/C9H16N2O/c1-7(2)8-3-4-9(12)11-6-5-10-8/h7H,3-6H2,1-2H3,(H,11,12). The first kappa shape index (κ1) is 9.23. The summed E-state index contributed by atoms with van der Waals surface area (Å²) in [4.78, 5) is 15.5. The zero-order valence-electron chi connectivity index (χ0n) is 7.76. The number of hydrogen-bond acceptors (Lipinski definition) is 2. The second kappa shape index (κ2) is 4.24. The molecule has 1 aliphatic rings. The topological polar surface area (TPSA) is 41.5 Å². The number of amides is 1. The van der Waals surface area contributed by atoms with Gasteiger partial charge >= 0.3 is 0 Å². The molecule has 0 aromatic carbocycles. The number of nitrogens with one attached hydrogen (secondary N) is 1. The minimum Gasteiger partial charge on any atom is -0.354 e. The van der Waals surface area contributed by atoms with Gasteiger partial charge in [-0.3, -0.25) is 9.79 Å². The van der Waals surface area contributed by atoms with Crippen LogP contribution in [0.25, 0.3) is 0 Å². The van der Waals surface area contributed by atoms with Gasteiger partial charge in [-0.15, -0.1) is 0 Å². The van der Waals surface area contributed by atoms with Crippen LogP contribution in [0.2, 0.25) is 0 Å². The highest BCUT2D eigenvalue weighted by atomic mass is 16.1. The summed E-state index contributed by atoms with van der Waals surface area (Å²) in [6.07, 6.45) is 1.42.